The normalized spacial score (nSPS) is 11.0. The third kappa shape index (κ3) is 6.31. The number of carbonyl (C=O) groups excluding carboxylic acids is 1. The van der Waals surface area contributed by atoms with Crippen molar-refractivity contribution in [1.29, 1.82) is 5.26 Å². The molecule has 3 rings (SSSR count). The standard InChI is InChI=1S/C27H24ClIN2O3/c1-16-5-7-19(9-18(16)3)15-34-26-23(29)11-20(12-25(26)33-4)10-21(14-30)27(32)31-24-13-22(28)8-6-17(24)2/h5-13H,15H2,1-4H3,(H,31,32)/b21-10+. The van der Waals surface area contributed by atoms with Gasteiger partial charge in [-0.2, -0.15) is 5.26 Å². The summed E-state index contributed by atoms with van der Waals surface area (Å²) in [6, 6.07) is 17.0. The number of carbonyl (C=O) groups is 1. The minimum atomic E-state index is -0.517. The highest BCUT2D eigenvalue weighted by atomic mass is 127. The summed E-state index contributed by atoms with van der Waals surface area (Å²) in [6.45, 7) is 6.39. The molecular formula is C27H24ClIN2O3. The van der Waals surface area contributed by atoms with E-state index in [-0.39, 0.29) is 5.57 Å². The molecule has 0 spiro atoms. The lowest BCUT2D eigenvalue weighted by molar-refractivity contribution is -0.112. The molecule has 0 bridgehead atoms. The van der Waals surface area contributed by atoms with Crippen LogP contribution in [-0.4, -0.2) is 13.0 Å². The molecule has 0 fully saturated rings. The molecule has 0 saturated heterocycles. The lowest BCUT2D eigenvalue weighted by Gasteiger charge is -2.14. The van der Waals surface area contributed by atoms with Crippen molar-refractivity contribution in [1.82, 2.24) is 0 Å². The van der Waals surface area contributed by atoms with E-state index in [1.54, 1.807) is 31.4 Å². The highest BCUT2D eigenvalue weighted by Crippen LogP contribution is 2.35. The van der Waals surface area contributed by atoms with Gasteiger partial charge >= 0.3 is 0 Å². The highest BCUT2D eigenvalue weighted by molar-refractivity contribution is 14.1. The van der Waals surface area contributed by atoms with Crippen LogP contribution in [0.2, 0.25) is 5.02 Å². The molecular weight excluding hydrogens is 563 g/mol. The van der Waals surface area contributed by atoms with Gasteiger partial charge in [-0.05, 0) is 102 Å². The Bertz CT molecular complexity index is 1310. The number of methoxy groups -OCH3 is 1. The number of aryl methyl sites for hydroxylation is 3. The Morgan fingerprint density at radius 3 is 2.50 bits per heavy atom. The van der Waals surface area contributed by atoms with Gasteiger partial charge in [0, 0.05) is 10.7 Å². The molecule has 3 aromatic rings. The number of benzene rings is 3. The number of anilines is 1. The Labute approximate surface area is 218 Å². The molecule has 0 atom stereocenters. The monoisotopic (exact) mass is 586 g/mol. The zero-order chi connectivity index (χ0) is 24.8. The average molecular weight is 587 g/mol. The van der Waals surface area contributed by atoms with Gasteiger partial charge in [-0.3, -0.25) is 4.79 Å². The molecule has 0 aliphatic rings. The van der Waals surface area contributed by atoms with Crippen LogP contribution in [-0.2, 0) is 11.4 Å². The highest BCUT2D eigenvalue weighted by Gasteiger charge is 2.15. The summed E-state index contributed by atoms with van der Waals surface area (Å²) in [7, 11) is 1.56. The first-order chi connectivity index (χ1) is 16.2. The first-order valence-electron chi connectivity index (χ1n) is 10.5. The maximum atomic E-state index is 12.7. The summed E-state index contributed by atoms with van der Waals surface area (Å²) in [6.07, 6.45) is 1.52. The van der Waals surface area contributed by atoms with Gasteiger partial charge in [-0.15, -0.1) is 0 Å². The van der Waals surface area contributed by atoms with Crippen molar-refractivity contribution in [2.75, 3.05) is 12.4 Å². The fourth-order valence-electron chi connectivity index (χ4n) is 3.25. The molecule has 0 aliphatic heterocycles. The predicted octanol–water partition coefficient (Wildman–Crippen LogP) is 7.00. The Kier molecular flexibility index (Phi) is 8.59. The molecule has 7 heteroatoms. The topological polar surface area (TPSA) is 71.3 Å². The largest absolute Gasteiger partial charge is 0.493 e. The second-order valence-electron chi connectivity index (χ2n) is 7.82. The molecule has 0 aromatic heterocycles. The number of hydrogen-bond donors (Lipinski definition) is 1. The van der Waals surface area contributed by atoms with E-state index in [1.165, 1.54) is 17.2 Å². The predicted molar refractivity (Wildman–Crippen MR) is 144 cm³/mol. The van der Waals surface area contributed by atoms with Crippen molar-refractivity contribution in [3.05, 3.63) is 90.5 Å². The van der Waals surface area contributed by atoms with E-state index in [1.807, 2.05) is 25.1 Å². The molecule has 3 aromatic carbocycles. The third-order valence-electron chi connectivity index (χ3n) is 5.33. The molecule has 34 heavy (non-hydrogen) atoms. The first kappa shape index (κ1) is 25.6. The molecule has 174 valence electrons. The maximum absolute atomic E-state index is 12.7. The number of nitrogens with zero attached hydrogens (tertiary/aromatic N) is 1. The molecule has 5 nitrogen and oxygen atoms in total. The maximum Gasteiger partial charge on any atom is 0.266 e. The van der Waals surface area contributed by atoms with Crippen molar-refractivity contribution in [2.45, 2.75) is 27.4 Å². The first-order valence-corrected chi connectivity index (χ1v) is 11.9. The van der Waals surface area contributed by atoms with E-state index < -0.39 is 5.91 Å². The van der Waals surface area contributed by atoms with Crippen LogP contribution in [0.4, 0.5) is 5.69 Å². The van der Waals surface area contributed by atoms with E-state index in [0.717, 1.165) is 14.7 Å². The molecule has 0 heterocycles. The minimum absolute atomic E-state index is 0.0407. The summed E-state index contributed by atoms with van der Waals surface area (Å²) in [5.74, 6) is 0.610. The van der Waals surface area contributed by atoms with Crippen LogP contribution < -0.4 is 14.8 Å². The SMILES string of the molecule is COc1cc(/C=C(\C#N)C(=O)Nc2cc(Cl)ccc2C)cc(I)c1OCc1ccc(C)c(C)c1. The quantitative estimate of drug-likeness (QED) is 0.184. The summed E-state index contributed by atoms with van der Waals surface area (Å²) in [5.41, 5.74) is 5.51. The summed E-state index contributed by atoms with van der Waals surface area (Å²) in [5, 5.41) is 12.9. The molecule has 1 amide bonds. The van der Waals surface area contributed by atoms with Crippen LogP contribution in [0.5, 0.6) is 11.5 Å². The minimum Gasteiger partial charge on any atom is -0.493 e. The smallest absolute Gasteiger partial charge is 0.266 e. The molecule has 0 saturated carbocycles. The third-order valence-corrected chi connectivity index (χ3v) is 6.37. The Morgan fingerprint density at radius 2 is 1.82 bits per heavy atom. The van der Waals surface area contributed by atoms with Gasteiger partial charge in [-0.1, -0.05) is 35.9 Å². The molecule has 0 unspecified atom stereocenters. The molecule has 0 aliphatic carbocycles. The number of rotatable bonds is 7. The van der Waals surface area contributed by atoms with Crippen molar-refractivity contribution in [3.63, 3.8) is 0 Å². The summed E-state index contributed by atoms with van der Waals surface area (Å²) < 4.78 is 12.4. The Balaban J connectivity index is 1.83. The average Bonchev–Trinajstić information content (AvgIpc) is 2.80. The van der Waals surface area contributed by atoms with Crippen molar-refractivity contribution < 1.29 is 14.3 Å². The molecule has 0 radical (unpaired) electrons. The van der Waals surface area contributed by atoms with E-state index in [2.05, 4.69) is 53.9 Å². The van der Waals surface area contributed by atoms with Crippen LogP contribution in [0.1, 0.15) is 27.8 Å². The second kappa shape index (κ2) is 11.4. The van der Waals surface area contributed by atoms with Crippen LogP contribution in [0.15, 0.2) is 54.1 Å². The summed E-state index contributed by atoms with van der Waals surface area (Å²) >= 11 is 8.19. The fraction of sp³-hybridized carbons (Fsp3) is 0.185. The number of nitrogens with one attached hydrogen (secondary N) is 1. The number of amides is 1. The number of nitriles is 1. The number of hydrogen-bond acceptors (Lipinski definition) is 4. The van der Waals surface area contributed by atoms with Gasteiger partial charge < -0.3 is 14.8 Å². The van der Waals surface area contributed by atoms with Gasteiger partial charge in [0.1, 0.15) is 18.2 Å². The Morgan fingerprint density at radius 1 is 1.09 bits per heavy atom. The number of ether oxygens (including phenoxy) is 2. The van der Waals surface area contributed by atoms with Crippen LogP contribution in [0.25, 0.3) is 6.08 Å². The zero-order valence-corrected chi connectivity index (χ0v) is 22.2. The fourth-order valence-corrected chi connectivity index (χ4v) is 4.20. The van der Waals surface area contributed by atoms with E-state index in [9.17, 15) is 10.1 Å². The van der Waals surface area contributed by atoms with Gasteiger partial charge in [0.25, 0.3) is 5.91 Å². The lowest BCUT2D eigenvalue weighted by atomic mass is 10.1. The van der Waals surface area contributed by atoms with Gasteiger partial charge in [-0.25, -0.2) is 0 Å². The lowest BCUT2D eigenvalue weighted by Crippen LogP contribution is -2.14. The van der Waals surface area contributed by atoms with Crippen LogP contribution >= 0.6 is 34.2 Å². The Hall–Kier alpha value is -3.02. The number of halogens is 2. The van der Waals surface area contributed by atoms with Crippen molar-refractivity contribution in [3.8, 4) is 17.6 Å². The van der Waals surface area contributed by atoms with Crippen LogP contribution in [0, 0.1) is 35.7 Å². The van der Waals surface area contributed by atoms with Gasteiger partial charge in [0.2, 0.25) is 0 Å². The van der Waals surface area contributed by atoms with Gasteiger partial charge in [0.05, 0.1) is 10.7 Å². The van der Waals surface area contributed by atoms with Crippen LogP contribution in [0.3, 0.4) is 0 Å². The zero-order valence-electron chi connectivity index (χ0n) is 19.3. The second-order valence-corrected chi connectivity index (χ2v) is 9.42. The molecule has 1 N–H and O–H groups in total. The summed E-state index contributed by atoms with van der Waals surface area (Å²) in [4.78, 5) is 12.7. The van der Waals surface area contributed by atoms with E-state index in [0.29, 0.717) is 34.4 Å². The van der Waals surface area contributed by atoms with E-state index in [4.69, 9.17) is 21.1 Å². The van der Waals surface area contributed by atoms with Crippen molar-refractivity contribution >= 4 is 51.9 Å². The van der Waals surface area contributed by atoms with Gasteiger partial charge in [0.15, 0.2) is 11.5 Å². The van der Waals surface area contributed by atoms with Crippen molar-refractivity contribution in [2.24, 2.45) is 0 Å². The van der Waals surface area contributed by atoms with E-state index >= 15 is 0 Å².